The highest BCUT2D eigenvalue weighted by Crippen LogP contribution is 2.06. The van der Waals surface area contributed by atoms with Crippen molar-refractivity contribution in [2.24, 2.45) is 0 Å². The van der Waals surface area contributed by atoms with E-state index < -0.39 is 0 Å². The van der Waals surface area contributed by atoms with E-state index in [1.165, 1.54) is 38.5 Å². The molecule has 0 aromatic heterocycles. The van der Waals surface area contributed by atoms with Crippen LogP contribution >= 0.6 is 0 Å². The average Bonchev–Trinajstić information content (AvgIpc) is 2.76. The highest BCUT2D eigenvalue weighted by molar-refractivity contribution is 5.45. The van der Waals surface area contributed by atoms with Gasteiger partial charge in [0.05, 0.1) is 46.2 Å². The molecule has 30 heavy (non-hydrogen) atoms. The van der Waals surface area contributed by atoms with Crippen molar-refractivity contribution in [2.75, 3.05) is 86.2 Å². The molecule has 8 nitrogen and oxygen atoms in total. The molecular weight excluding hydrogens is 388 g/mol. The second-order valence-corrected chi connectivity index (χ2v) is 7.07. The zero-order valence-corrected chi connectivity index (χ0v) is 19.2. The van der Waals surface area contributed by atoms with E-state index in [0.29, 0.717) is 59.2 Å². The van der Waals surface area contributed by atoms with Crippen LogP contribution in [0, 0.1) is 0 Å². The Morgan fingerprint density at radius 3 is 1.40 bits per heavy atom. The Balaban J connectivity index is 2.98. The molecule has 8 heteroatoms. The summed E-state index contributed by atoms with van der Waals surface area (Å²) in [4.78, 5) is 10.0. The minimum atomic E-state index is 0.503. The van der Waals surface area contributed by atoms with Crippen LogP contribution < -0.4 is 10.6 Å². The van der Waals surface area contributed by atoms with E-state index in [4.69, 9.17) is 23.7 Å². The van der Waals surface area contributed by atoms with Crippen molar-refractivity contribution in [3.05, 3.63) is 0 Å². The minimum absolute atomic E-state index is 0.503. The van der Waals surface area contributed by atoms with Crippen LogP contribution in [0.15, 0.2) is 0 Å². The zero-order chi connectivity index (χ0) is 21.8. The van der Waals surface area contributed by atoms with Crippen LogP contribution in [0.1, 0.15) is 51.4 Å². The lowest BCUT2D eigenvalue weighted by Crippen LogP contribution is -2.19. The lowest BCUT2D eigenvalue weighted by molar-refractivity contribution is -0.109. The number of hydrogen-bond donors (Lipinski definition) is 2. The van der Waals surface area contributed by atoms with E-state index in [-0.39, 0.29) is 0 Å². The zero-order valence-electron chi connectivity index (χ0n) is 19.2. The van der Waals surface area contributed by atoms with Crippen LogP contribution in [0.4, 0.5) is 0 Å². The van der Waals surface area contributed by atoms with Gasteiger partial charge in [-0.05, 0) is 39.3 Å². The molecule has 0 aromatic carbocycles. The van der Waals surface area contributed by atoms with E-state index in [1.54, 1.807) is 0 Å². The Morgan fingerprint density at radius 2 is 0.900 bits per heavy atom. The molecule has 0 radical (unpaired) electrons. The molecule has 0 heterocycles. The molecular formula is C22H46N2O6. The van der Waals surface area contributed by atoms with Crippen LogP contribution in [0.3, 0.4) is 0 Å². The number of rotatable bonds is 27. The number of ether oxygens (including phenoxy) is 5. The van der Waals surface area contributed by atoms with E-state index in [2.05, 4.69) is 10.6 Å². The number of carbonyl (C=O) groups excluding carboxylic acids is 1. The molecule has 0 aliphatic heterocycles. The summed E-state index contributed by atoms with van der Waals surface area (Å²) in [6, 6.07) is 0. The number of nitrogens with one attached hydrogen (secondary N) is 2. The number of carbonyl (C=O) groups is 1. The molecule has 0 saturated carbocycles. The van der Waals surface area contributed by atoms with Crippen molar-refractivity contribution in [1.29, 1.82) is 0 Å². The summed E-state index contributed by atoms with van der Waals surface area (Å²) < 4.78 is 27.3. The Hall–Kier alpha value is -0.770. The summed E-state index contributed by atoms with van der Waals surface area (Å²) in [6.45, 7) is 8.14. The van der Waals surface area contributed by atoms with Gasteiger partial charge in [0.1, 0.15) is 0 Å². The summed E-state index contributed by atoms with van der Waals surface area (Å²) in [5, 5.41) is 5.68. The molecule has 0 unspecified atom stereocenters. The summed E-state index contributed by atoms with van der Waals surface area (Å²) >= 11 is 0. The first-order chi connectivity index (χ1) is 14.9. The fourth-order valence-corrected chi connectivity index (χ4v) is 2.68. The maximum Gasteiger partial charge on any atom is 0.207 e. The molecule has 0 aliphatic carbocycles. The summed E-state index contributed by atoms with van der Waals surface area (Å²) in [7, 11) is 1.99. The fraction of sp³-hybridized carbons (Fsp3) is 0.955. The van der Waals surface area contributed by atoms with Gasteiger partial charge < -0.3 is 34.3 Å². The number of amides is 1. The first-order valence-electron chi connectivity index (χ1n) is 11.6. The van der Waals surface area contributed by atoms with Gasteiger partial charge in [-0.15, -0.1) is 0 Å². The van der Waals surface area contributed by atoms with E-state index in [1.807, 2.05) is 7.05 Å². The van der Waals surface area contributed by atoms with Gasteiger partial charge in [-0.1, -0.05) is 25.7 Å². The summed E-state index contributed by atoms with van der Waals surface area (Å²) in [5.74, 6) is 0. The van der Waals surface area contributed by atoms with Crippen LogP contribution in [0.2, 0.25) is 0 Å². The summed E-state index contributed by atoms with van der Waals surface area (Å²) in [5.41, 5.74) is 0. The van der Waals surface area contributed by atoms with Gasteiger partial charge in [0.25, 0.3) is 0 Å². The first kappa shape index (κ1) is 29.2. The van der Waals surface area contributed by atoms with Gasteiger partial charge in [0.2, 0.25) is 6.41 Å². The molecule has 0 saturated heterocycles. The Kier molecular flexibility index (Phi) is 27.5. The largest absolute Gasteiger partial charge is 0.381 e. The quantitative estimate of drug-likeness (QED) is 0.151. The van der Waals surface area contributed by atoms with Gasteiger partial charge in [0, 0.05) is 26.4 Å². The SMILES string of the molecule is CNCCCCOCCCCCCCCOCCOCCOCCOCCNC=O. The van der Waals surface area contributed by atoms with Crippen molar-refractivity contribution in [3.63, 3.8) is 0 Å². The smallest absolute Gasteiger partial charge is 0.207 e. The highest BCUT2D eigenvalue weighted by Gasteiger charge is 1.95. The highest BCUT2D eigenvalue weighted by atomic mass is 16.6. The Bertz CT molecular complexity index is 324. The minimum Gasteiger partial charge on any atom is -0.381 e. The van der Waals surface area contributed by atoms with E-state index >= 15 is 0 Å². The normalized spacial score (nSPS) is 11.1. The molecule has 0 rings (SSSR count). The van der Waals surface area contributed by atoms with Gasteiger partial charge in [-0.25, -0.2) is 0 Å². The molecule has 1 amide bonds. The Labute approximate surface area is 183 Å². The predicted octanol–water partition coefficient (Wildman–Crippen LogP) is 2.16. The van der Waals surface area contributed by atoms with Crippen molar-refractivity contribution in [2.45, 2.75) is 51.4 Å². The third-order valence-electron chi connectivity index (χ3n) is 4.38. The monoisotopic (exact) mass is 434 g/mol. The van der Waals surface area contributed by atoms with Crippen molar-refractivity contribution >= 4 is 6.41 Å². The Morgan fingerprint density at radius 1 is 0.500 bits per heavy atom. The molecule has 2 N–H and O–H groups in total. The predicted molar refractivity (Wildman–Crippen MR) is 119 cm³/mol. The van der Waals surface area contributed by atoms with Crippen molar-refractivity contribution in [3.8, 4) is 0 Å². The second kappa shape index (κ2) is 28.2. The molecule has 0 atom stereocenters. The van der Waals surface area contributed by atoms with Crippen LogP contribution in [-0.4, -0.2) is 92.6 Å². The van der Waals surface area contributed by atoms with Crippen LogP contribution in [0.25, 0.3) is 0 Å². The van der Waals surface area contributed by atoms with Crippen molar-refractivity contribution < 1.29 is 28.5 Å². The second-order valence-electron chi connectivity index (χ2n) is 7.07. The van der Waals surface area contributed by atoms with Gasteiger partial charge in [-0.3, -0.25) is 4.79 Å². The van der Waals surface area contributed by atoms with Crippen molar-refractivity contribution in [1.82, 2.24) is 10.6 Å². The fourth-order valence-electron chi connectivity index (χ4n) is 2.68. The lowest BCUT2D eigenvalue weighted by Gasteiger charge is -2.07. The molecule has 0 fully saturated rings. The molecule has 180 valence electrons. The summed E-state index contributed by atoms with van der Waals surface area (Å²) in [6.07, 6.45) is 10.3. The maximum atomic E-state index is 10.0. The number of hydrogen-bond acceptors (Lipinski definition) is 7. The first-order valence-corrected chi connectivity index (χ1v) is 11.6. The molecule has 0 aromatic rings. The maximum absolute atomic E-state index is 10.0. The topological polar surface area (TPSA) is 87.3 Å². The third kappa shape index (κ3) is 27.2. The van der Waals surface area contributed by atoms with Crippen LogP contribution in [0.5, 0.6) is 0 Å². The standard InChI is InChI=1S/C22H46N2O6/c1-23-10-6-9-14-26-12-7-4-2-3-5-8-13-27-16-18-29-20-21-30-19-17-28-15-11-24-22-25/h22-23H,2-21H2,1H3,(H,24,25). The van der Waals surface area contributed by atoms with E-state index in [9.17, 15) is 4.79 Å². The van der Waals surface area contributed by atoms with Gasteiger partial charge >= 0.3 is 0 Å². The average molecular weight is 435 g/mol. The van der Waals surface area contributed by atoms with E-state index in [0.717, 1.165) is 39.2 Å². The third-order valence-corrected chi connectivity index (χ3v) is 4.38. The molecule has 0 aliphatic rings. The number of unbranched alkanes of at least 4 members (excludes halogenated alkanes) is 6. The molecule has 0 bridgehead atoms. The van der Waals surface area contributed by atoms with Gasteiger partial charge in [0.15, 0.2) is 0 Å². The molecule has 0 spiro atoms. The lowest BCUT2D eigenvalue weighted by atomic mass is 10.1. The van der Waals surface area contributed by atoms with Crippen LogP contribution in [-0.2, 0) is 28.5 Å². The van der Waals surface area contributed by atoms with Gasteiger partial charge in [-0.2, -0.15) is 0 Å².